The quantitative estimate of drug-likeness (QED) is 0.664. The Labute approximate surface area is 82.6 Å². The lowest BCUT2D eigenvalue weighted by atomic mass is 10.4. The van der Waals surface area contributed by atoms with Crippen LogP contribution < -0.4 is 0 Å². The van der Waals surface area contributed by atoms with E-state index in [0.717, 1.165) is 10.8 Å². The summed E-state index contributed by atoms with van der Waals surface area (Å²) in [5, 5.41) is 0.860. The van der Waals surface area contributed by atoms with Crippen molar-refractivity contribution >= 4 is 23.4 Å². The number of hydrogen-bond acceptors (Lipinski definition) is 1. The maximum atomic E-state index is 5.69. The molecule has 0 amide bonds. The van der Waals surface area contributed by atoms with E-state index < -0.39 is 0 Å². The lowest BCUT2D eigenvalue weighted by Gasteiger charge is -1.96. The van der Waals surface area contributed by atoms with E-state index in [1.807, 2.05) is 31.2 Å². The van der Waals surface area contributed by atoms with Crippen LogP contribution >= 0.6 is 23.4 Å². The van der Waals surface area contributed by atoms with E-state index in [-0.39, 0.29) is 0 Å². The van der Waals surface area contributed by atoms with Gasteiger partial charge in [-0.15, -0.1) is 11.8 Å². The van der Waals surface area contributed by atoms with Crippen LogP contribution in [-0.2, 0) is 0 Å². The number of thioether (sulfide) groups is 1. The van der Waals surface area contributed by atoms with Crippen molar-refractivity contribution in [1.82, 2.24) is 0 Å². The minimum absolute atomic E-state index is 0.860. The number of hydrogen-bond donors (Lipinski definition) is 0. The largest absolute Gasteiger partial charge is 0.122 e. The Morgan fingerprint density at radius 2 is 2.08 bits per heavy atom. The summed E-state index contributed by atoms with van der Waals surface area (Å²) in [6.45, 7) is 1.90. The molecule has 1 rings (SSSR count). The Hall–Kier alpha value is -0.400. The van der Waals surface area contributed by atoms with Gasteiger partial charge < -0.3 is 0 Å². The highest BCUT2D eigenvalue weighted by atomic mass is 35.5. The average molecular weight is 199 g/mol. The van der Waals surface area contributed by atoms with E-state index in [0.29, 0.717) is 0 Å². The molecule has 0 unspecified atom stereocenters. The van der Waals surface area contributed by atoms with Crippen molar-refractivity contribution in [2.75, 3.05) is 5.75 Å². The molecular weight excluding hydrogens is 188 g/mol. The van der Waals surface area contributed by atoms with Gasteiger partial charge in [0, 0.05) is 15.7 Å². The van der Waals surface area contributed by atoms with Crippen LogP contribution in [0.1, 0.15) is 6.92 Å². The molecule has 0 aromatic heterocycles. The van der Waals surface area contributed by atoms with Gasteiger partial charge in [0.05, 0.1) is 0 Å². The first-order valence-corrected chi connectivity index (χ1v) is 5.15. The smallest absolute Gasteiger partial charge is 0.0175 e. The lowest BCUT2D eigenvalue weighted by Crippen LogP contribution is -1.73. The van der Waals surface area contributed by atoms with Crippen LogP contribution in [0.4, 0.5) is 0 Å². The van der Waals surface area contributed by atoms with Crippen LogP contribution in [0.2, 0.25) is 0 Å². The molecule has 0 heterocycles. The molecule has 1 aromatic rings. The van der Waals surface area contributed by atoms with Crippen molar-refractivity contribution in [3.8, 4) is 0 Å². The maximum Gasteiger partial charge on any atom is 0.0175 e. The SMILES string of the molecule is C/C(Cl)=C/CSc1ccccc1. The van der Waals surface area contributed by atoms with Gasteiger partial charge >= 0.3 is 0 Å². The predicted octanol–water partition coefficient (Wildman–Crippen LogP) is 3.92. The fourth-order valence-corrected chi connectivity index (χ4v) is 1.81. The molecule has 0 bridgehead atoms. The van der Waals surface area contributed by atoms with E-state index in [4.69, 9.17) is 11.6 Å². The molecule has 0 nitrogen and oxygen atoms in total. The molecule has 0 aliphatic rings. The summed E-state index contributed by atoms with van der Waals surface area (Å²) in [7, 11) is 0. The highest BCUT2D eigenvalue weighted by Gasteiger charge is 1.88. The van der Waals surface area contributed by atoms with Crippen molar-refractivity contribution in [3.63, 3.8) is 0 Å². The van der Waals surface area contributed by atoms with E-state index >= 15 is 0 Å². The van der Waals surface area contributed by atoms with E-state index in [2.05, 4.69) is 12.1 Å². The van der Waals surface area contributed by atoms with E-state index in [9.17, 15) is 0 Å². The summed E-state index contributed by atoms with van der Waals surface area (Å²) < 4.78 is 0. The highest BCUT2D eigenvalue weighted by molar-refractivity contribution is 7.99. The van der Waals surface area contributed by atoms with Gasteiger partial charge in [-0.2, -0.15) is 0 Å². The van der Waals surface area contributed by atoms with Crippen LogP contribution in [0, 0.1) is 0 Å². The molecule has 0 fully saturated rings. The van der Waals surface area contributed by atoms with Crippen LogP contribution in [0.25, 0.3) is 0 Å². The lowest BCUT2D eigenvalue weighted by molar-refractivity contribution is 1.46. The summed E-state index contributed by atoms with van der Waals surface area (Å²) >= 11 is 7.48. The van der Waals surface area contributed by atoms with Gasteiger partial charge in [0.2, 0.25) is 0 Å². The van der Waals surface area contributed by atoms with Crippen molar-refractivity contribution < 1.29 is 0 Å². The first-order valence-electron chi connectivity index (χ1n) is 3.79. The van der Waals surface area contributed by atoms with Crippen LogP contribution in [-0.4, -0.2) is 5.75 Å². The molecule has 0 saturated heterocycles. The topological polar surface area (TPSA) is 0 Å². The Bertz CT molecular complexity index is 250. The Kier molecular flexibility index (Phi) is 4.26. The minimum atomic E-state index is 0.860. The number of halogens is 1. The third-order valence-electron chi connectivity index (χ3n) is 1.36. The summed E-state index contributed by atoms with van der Waals surface area (Å²) in [6, 6.07) is 10.3. The van der Waals surface area contributed by atoms with E-state index in [1.165, 1.54) is 4.90 Å². The number of rotatable bonds is 3. The van der Waals surface area contributed by atoms with Crippen molar-refractivity contribution in [3.05, 3.63) is 41.4 Å². The maximum absolute atomic E-state index is 5.69. The zero-order chi connectivity index (χ0) is 8.81. The third kappa shape index (κ3) is 3.84. The standard InChI is InChI=1S/C10H11ClS/c1-9(11)7-8-12-10-5-3-2-4-6-10/h2-7H,8H2,1H3/b9-7-. The molecule has 0 saturated carbocycles. The summed E-state index contributed by atoms with van der Waals surface area (Å²) in [4.78, 5) is 1.28. The van der Waals surface area contributed by atoms with Crippen molar-refractivity contribution in [2.24, 2.45) is 0 Å². The number of benzene rings is 1. The molecule has 0 radical (unpaired) electrons. The minimum Gasteiger partial charge on any atom is -0.122 e. The molecule has 2 heteroatoms. The second-order valence-electron chi connectivity index (χ2n) is 2.41. The van der Waals surface area contributed by atoms with Crippen LogP contribution in [0.15, 0.2) is 46.3 Å². The van der Waals surface area contributed by atoms with Crippen LogP contribution in [0.5, 0.6) is 0 Å². The van der Waals surface area contributed by atoms with Gasteiger partial charge in [0.25, 0.3) is 0 Å². The monoisotopic (exact) mass is 198 g/mol. The molecule has 0 aliphatic carbocycles. The Morgan fingerprint density at radius 1 is 1.42 bits per heavy atom. The fraction of sp³-hybridized carbons (Fsp3) is 0.200. The molecule has 1 aromatic carbocycles. The van der Waals surface area contributed by atoms with E-state index in [1.54, 1.807) is 11.8 Å². The second-order valence-corrected chi connectivity index (χ2v) is 4.10. The van der Waals surface area contributed by atoms with Gasteiger partial charge in [-0.1, -0.05) is 35.9 Å². The molecule has 12 heavy (non-hydrogen) atoms. The molecular formula is C10H11ClS. The molecule has 0 atom stereocenters. The Balaban J connectivity index is 2.39. The van der Waals surface area contributed by atoms with Gasteiger partial charge in [0.1, 0.15) is 0 Å². The Morgan fingerprint density at radius 3 is 2.67 bits per heavy atom. The molecule has 0 aliphatic heterocycles. The molecule has 0 spiro atoms. The predicted molar refractivity (Wildman–Crippen MR) is 56.8 cm³/mol. The van der Waals surface area contributed by atoms with Crippen molar-refractivity contribution in [2.45, 2.75) is 11.8 Å². The van der Waals surface area contributed by atoms with Crippen molar-refractivity contribution in [1.29, 1.82) is 0 Å². The van der Waals surface area contributed by atoms with Gasteiger partial charge in [-0.05, 0) is 19.1 Å². The van der Waals surface area contributed by atoms with Crippen LogP contribution in [0.3, 0.4) is 0 Å². The summed E-state index contributed by atoms with van der Waals surface area (Å²) in [5.74, 6) is 0.944. The second kappa shape index (κ2) is 5.28. The molecule has 64 valence electrons. The zero-order valence-electron chi connectivity index (χ0n) is 6.96. The highest BCUT2D eigenvalue weighted by Crippen LogP contribution is 2.17. The van der Waals surface area contributed by atoms with Gasteiger partial charge in [-0.25, -0.2) is 0 Å². The zero-order valence-corrected chi connectivity index (χ0v) is 8.53. The first-order chi connectivity index (χ1) is 5.79. The van der Waals surface area contributed by atoms with Gasteiger partial charge in [0.15, 0.2) is 0 Å². The molecule has 0 N–H and O–H groups in total. The van der Waals surface area contributed by atoms with Gasteiger partial charge in [-0.3, -0.25) is 0 Å². The number of allylic oxidation sites excluding steroid dienone is 1. The third-order valence-corrected chi connectivity index (χ3v) is 2.45. The summed E-state index contributed by atoms with van der Waals surface area (Å²) in [5.41, 5.74) is 0. The summed E-state index contributed by atoms with van der Waals surface area (Å²) in [6.07, 6.45) is 2.01. The first kappa shape index (κ1) is 9.69. The fourth-order valence-electron chi connectivity index (χ4n) is 0.769. The normalized spacial score (nSPS) is 11.7. The average Bonchev–Trinajstić information content (AvgIpc) is 2.05.